The van der Waals surface area contributed by atoms with E-state index < -0.39 is 30.0 Å². The Labute approximate surface area is 113 Å². The summed E-state index contributed by atoms with van der Waals surface area (Å²) in [6.45, 7) is 2.84. The molecule has 0 aliphatic carbocycles. The predicted octanol–water partition coefficient (Wildman–Crippen LogP) is -0.481. The number of β-lactam (4-membered cyclic amide) rings is 1. The van der Waals surface area contributed by atoms with Gasteiger partial charge in [-0.25, -0.2) is 4.79 Å². The van der Waals surface area contributed by atoms with Crippen LogP contribution in [-0.4, -0.2) is 51.1 Å². The number of amides is 1. The molecule has 0 saturated carbocycles. The number of carboxylic acid groups (broad SMARTS) is 1. The van der Waals surface area contributed by atoms with E-state index in [1.165, 1.54) is 23.6 Å². The number of carbonyl (C=O) groups excluding carboxylic acids is 2. The summed E-state index contributed by atoms with van der Waals surface area (Å²) in [6.07, 6.45) is -0.679. The molecule has 0 aromatic rings. The number of rotatable bonds is 3. The van der Waals surface area contributed by atoms with Crippen molar-refractivity contribution in [1.82, 2.24) is 4.90 Å². The summed E-state index contributed by atoms with van der Waals surface area (Å²) in [5, 5.41) is 8.93. The van der Waals surface area contributed by atoms with Crippen molar-refractivity contribution in [1.29, 1.82) is 0 Å². The Morgan fingerprint density at radius 3 is 2.74 bits per heavy atom. The Morgan fingerprint density at radius 1 is 1.58 bits per heavy atom. The van der Waals surface area contributed by atoms with E-state index >= 15 is 0 Å². The summed E-state index contributed by atoms with van der Waals surface area (Å²) in [7, 11) is 0. The highest BCUT2D eigenvalue weighted by atomic mass is 32.2. The lowest BCUT2D eigenvalue weighted by Gasteiger charge is -2.48. The topological polar surface area (TPSA) is 110 Å². The SMILES string of the molecule is CC(=O)OC(C)C1=C(C(=O)O)N2C(=O)[C@@H](N)[C@H]2SC1. The van der Waals surface area contributed by atoms with Crippen molar-refractivity contribution in [2.24, 2.45) is 5.73 Å². The molecule has 0 bridgehead atoms. The first-order valence-corrected chi connectivity index (χ1v) is 6.73. The second-order valence-electron chi connectivity index (χ2n) is 4.37. The highest BCUT2D eigenvalue weighted by Gasteiger charge is 2.52. The number of fused-ring (bicyclic) bond motifs is 1. The lowest BCUT2D eigenvalue weighted by molar-refractivity contribution is -0.148. The molecule has 0 aromatic carbocycles. The molecule has 0 spiro atoms. The monoisotopic (exact) mass is 286 g/mol. The highest BCUT2D eigenvalue weighted by molar-refractivity contribution is 8.00. The van der Waals surface area contributed by atoms with E-state index in [-0.39, 0.29) is 11.1 Å². The molecular weight excluding hydrogens is 272 g/mol. The molecular formula is C11H14N2O5S. The van der Waals surface area contributed by atoms with Crippen LogP contribution in [0.25, 0.3) is 0 Å². The lowest BCUT2D eigenvalue weighted by atomic mass is 10.0. The quantitative estimate of drug-likeness (QED) is 0.532. The Balaban J connectivity index is 2.35. The molecule has 104 valence electrons. The van der Waals surface area contributed by atoms with E-state index in [2.05, 4.69) is 0 Å². The van der Waals surface area contributed by atoms with E-state index in [1.807, 2.05) is 0 Å². The van der Waals surface area contributed by atoms with E-state index in [0.717, 1.165) is 0 Å². The first kappa shape index (κ1) is 13.9. The average molecular weight is 286 g/mol. The standard InChI is InChI=1S/C11H14N2O5S/c1-4(18-5(2)14)6-3-19-10-7(12)9(15)13(10)8(6)11(16)17/h4,7,10H,3,12H2,1-2H3,(H,16,17)/t4?,7-,10-/m1/s1. The second kappa shape index (κ2) is 4.86. The maximum absolute atomic E-state index is 11.7. The normalized spacial score (nSPS) is 27.5. The number of carboxylic acids is 1. The number of nitrogens with two attached hydrogens (primary N) is 1. The fraction of sp³-hybridized carbons (Fsp3) is 0.545. The molecule has 2 aliphatic heterocycles. The first-order chi connectivity index (χ1) is 8.84. The van der Waals surface area contributed by atoms with Crippen LogP contribution in [0.4, 0.5) is 0 Å². The van der Waals surface area contributed by atoms with Crippen molar-refractivity contribution in [2.45, 2.75) is 31.4 Å². The number of esters is 1. The maximum atomic E-state index is 11.7. The highest BCUT2D eigenvalue weighted by Crippen LogP contribution is 2.40. The Kier molecular flexibility index (Phi) is 3.55. The summed E-state index contributed by atoms with van der Waals surface area (Å²) in [5.74, 6) is -1.75. The third-order valence-electron chi connectivity index (χ3n) is 3.07. The van der Waals surface area contributed by atoms with Crippen molar-refractivity contribution >= 4 is 29.6 Å². The van der Waals surface area contributed by atoms with Crippen LogP contribution in [0.5, 0.6) is 0 Å². The van der Waals surface area contributed by atoms with E-state index in [4.69, 9.17) is 10.5 Å². The number of hydrogen-bond donors (Lipinski definition) is 2. The molecule has 1 unspecified atom stereocenters. The van der Waals surface area contributed by atoms with E-state index in [0.29, 0.717) is 11.3 Å². The van der Waals surface area contributed by atoms with Crippen molar-refractivity contribution in [3.63, 3.8) is 0 Å². The van der Waals surface area contributed by atoms with Crippen LogP contribution < -0.4 is 5.73 Å². The molecule has 0 radical (unpaired) electrons. The molecule has 0 aromatic heterocycles. The van der Waals surface area contributed by atoms with Gasteiger partial charge in [0.2, 0.25) is 5.91 Å². The van der Waals surface area contributed by atoms with Gasteiger partial charge in [-0.1, -0.05) is 0 Å². The Bertz CT molecular complexity index is 489. The van der Waals surface area contributed by atoms with Crippen LogP contribution in [0.1, 0.15) is 13.8 Å². The van der Waals surface area contributed by atoms with Gasteiger partial charge in [-0.05, 0) is 6.92 Å². The van der Waals surface area contributed by atoms with Gasteiger partial charge in [-0.2, -0.15) is 0 Å². The molecule has 19 heavy (non-hydrogen) atoms. The first-order valence-electron chi connectivity index (χ1n) is 5.68. The van der Waals surface area contributed by atoms with E-state index in [1.54, 1.807) is 6.92 Å². The molecule has 2 heterocycles. The molecule has 2 rings (SSSR count). The summed E-state index contributed by atoms with van der Waals surface area (Å²) in [5.41, 5.74) is 5.94. The van der Waals surface area contributed by atoms with Crippen LogP contribution in [0, 0.1) is 0 Å². The minimum Gasteiger partial charge on any atom is -0.477 e. The maximum Gasteiger partial charge on any atom is 0.352 e. The third-order valence-corrected chi connectivity index (χ3v) is 4.40. The van der Waals surface area contributed by atoms with Gasteiger partial charge in [0, 0.05) is 18.2 Å². The summed E-state index contributed by atoms with van der Waals surface area (Å²) in [4.78, 5) is 35.2. The number of carbonyl (C=O) groups is 3. The largest absolute Gasteiger partial charge is 0.477 e. The van der Waals surface area contributed by atoms with Gasteiger partial charge in [0.1, 0.15) is 23.2 Å². The minimum atomic E-state index is -1.21. The zero-order valence-corrected chi connectivity index (χ0v) is 11.3. The minimum absolute atomic E-state index is 0.107. The number of nitrogens with zero attached hydrogens (tertiary/aromatic N) is 1. The number of thioether (sulfide) groups is 1. The summed E-state index contributed by atoms with van der Waals surface area (Å²) >= 11 is 1.38. The van der Waals surface area contributed by atoms with Crippen LogP contribution in [-0.2, 0) is 19.1 Å². The van der Waals surface area contributed by atoms with E-state index in [9.17, 15) is 19.5 Å². The average Bonchev–Trinajstić information content (AvgIpc) is 2.34. The molecule has 1 fully saturated rings. The zero-order chi connectivity index (χ0) is 14.3. The molecule has 2 aliphatic rings. The van der Waals surface area contributed by atoms with Crippen LogP contribution >= 0.6 is 11.8 Å². The fourth-order valence-corrected chi connectivity index (χ4v) is 3.57. The van der Waals surface area contributed by atoms with Gasteiger partial charge in [-0.3, -0.25) is 14.5 Å². The van der Waals surface area contributed by atoms with Crippen molar-refractivity contribution in [3.8, 4) is 0 Å². The molecule has 8 heteroatoms. The van der Waals surface area contributed by atoms with Crippen LogP contribution in [0.3, 0.4) is 0 Å². The fourth-order valence-electron chi connectivity index (χ4n) is 2.17. The number of hydrogen-bond acceptors (Lipinski definition) is 6. The lowest BCUT2D eigenvalue weighted by Crippen LogP contribution is -2.68. The van der Waals surface area contributed by atoms with Gasteiger partial charge >= 0.3 is 11.9 Å². The Hall–Kier alpha value is -1.54. The van der Waals surface area contributed by atoms with Gasteiger partial charge in [-0.15, -0.1) is 11.8 Å². The molecule has 3 atom stereocenters. The summed E-state index contributed by atoms with van der Waals surface area (Å²) < 4.78 is 5.00. The van der Waals surface area contributed by atoms with Gasteiger partial charge in [0.15, 0.2) is 0 Å². The third kappa shape index (κ3) is 2.21. The smallest absolute Gasteiger partial charge is 0.352 e. The van der Waals surface area contributed by atoms with Gasteiger partial charge in [0.25, 0.3) is 0 Å². The van der Waals surface area contributed by atoms with Crippen molar-refractivity contribution < 1.29 is 24.2 Å². The van der Waals surface area contributed by atoms with Crippen LogP contribution in [0.2, 0.25) is 0 Å². The predicted molar refractivity (Wildman–Crippen MR) is 67.0 cm³/mol. The van der Waals surface area contributed by atoms with Crippen LogP contribution in [0.15, 0.2) is 11.3 Å². The molecule has 1 amide bonds. The van der Waals surface area contributed by atoms with Crippen molar-refractivity contribution in [2.75, 3.05) is 5.75 Å². The summed E-state index contributed by atoms with van der Waals surface area (Å²) in [6, 6.07) is -0.662. The van der Waals surface area contributed by atoms with Gasteiger partial charge in [0.05, 0.1) is 0 Å². The Morgan fingerprint density at radius 2 is 2.21 bits per heavy atom. The number of aliphatic carboxylic acids is 1. The van der Waals surface area contributed by atoms with Gasteiger partial charge < -0.3 is 15.6 Å². The van der Waals surface area contributed by atoms with Crippen molar-refractivity contribution in [3.05, 3.63) is 11.3 Å². The molecule has 7 nitrogen and oxygen atoms in total. The number of ether oxygens (including phenoxy) is 1. The zero-order valence-electron chi connectivity index (χ0n) is 10.5. The molecule has 3 N–H and O–H groups in total. The molecule has 1 saturated heterocycles. The second-order valence-corrected chi connectivity index (χ2v) is 5.47.